The highest BCUT2D eigenvalue weighted by molar-refractivity contribution is 5.41. The van der Waals surface area contributed by atoms with Crippen LogP contribution in [0.15, 0.2) is 41.2 Å². The number of anilines is 1. The molecule has 0 bridgehead atoms. The Balaban J connectivity index is 1.56. The number of benzene rings is 1. The summed E-state index contributed by atoms with van der Waals surface area (Å²) in [5.41, 5.74) is 1.13. The Kier molecular flexibility index (Phi) is 4.35. The van der Waals surface area contributed by atoms with E-state index in [9.17, 15) is 4.79 Å². The van der Waals surface area contributed by atoms with E-state index in [1.165, 1.54) is 0 Å². The molecule has 0 amide bonds. The van der Waals surface area contributed by atoms with Gasteiger partial charge in [0, 0.05) is 24.6 Å². The minimum atomic E-state index is -0.0230. The normalized spacial score (nSPS) is 25.0. The largest absolute Gasteiger partial charge is 0.378 e. The minimum Gasteiger partial charge on any atom is -0.378 e. The van der Waals surface area contributed by atoms with Crippen LogP contribution >= 0.6 is 0 Å². The summed E-state index contributed by atoms with van der Waals surface area (Å²) in [4.78, 5) is 19.7. The van der Waals surface area contributed by atoms with Crippen molar-refractivity contribution in [3.05, 3.63) is 52.6 Å². The molecule has 0 unspecified atom stereocenters. The van der Waals surface area contributed by atoms with Gasteiger partial charge in [-0.15, -0.1) is 0 Å². The third-order valence-electron chi connectivity index (χ3n) is 6.47. The van der Waals surface area contributed by atoms with E-state index in [0.29, 0.717) is 17.4 Å². The van der Waals surface area contributed by atoms with Crippen molar-refractivity contribution in [1.82, 2.24) is 9.55 Å². The van der Waals surface area contributed by atoms with E-state index in [1.807, 2.05) is 37.3 Å². The summed E-state index contributed by atoms with van der Waals surface area (Å²) in [6.45, 7) is 9.13. The maximum absolute atomic E-state index is 12.7. The first kappa shape index (κ1) is 17.3. The summed E-state index contributed by atoms with van der Waals surface area (Å²) in [7, 11) is 0. The first-order valence-electron chi connectivity index (χ1n) is 9.53. The fourth-order valence-electron chi connectivity index (χ4n) is 4.49. The lowest BCUT2D eigenvalue weighted by molar-refractivity contribution is 0.0969. The fraction of sp³-hybridized carbons (Fsp3) is 0.524. The number of ether oxygens (including phenoxy) is 1. The van der Waals surface area contributed by atoms with E-state index in [1.54, 1.807) is 10.6 Å². The predicted octanol–water partition coefficient (Wildman–Crippen LogP) is 3.18. The molecule has 2 aliphatic rings. The Morgan fingerprint density at radius 3 is 2.42 bits per heavy atom. The van der Waals surface area contributed by atoms with E-state index in [-0.39, 0.29) is 5.56 Å². The van der Waals surface area contributed by atoms with Gasteiger partial charge in [0.25, 0.3) is 5.56 Å². The molecule has 2 saturated heterocycles. The average Bonchev–Trinajstić information content (AvgIpc) is 2.91. The minimum absolute atomic E-state index is 0.0230. The van der Waals surface area contributed by atoms with E-state index in [4.69, 9.17) is 9.72 Å². The number of piperidine rings is 1. The molecule has 2 aromatic rings. The van der Waals surface area contributed by atoms with Crippen molar-refractivity contribution in [1.29, 1.82) is 0 Å². The molecule has 2 atom stereocenters. The summed E-state index contributed by atoms with van der Waals surface area (Å²) in [6.07, 6.45) is 2.54. The standard InChI is InChI=1S/C21H27N3O2/c1-15-16(2)26-14-21(15)9-11-23(12-10-21)19-13-20(25)24(17(3)22-19)18-7-5-4-6-8-18/h4-8,13,15-16H,9-12,14H2,1-3H3/t15-,16+/m1/s1. The first-order valence-corrected chi connectivity index (χ1v) is 9.53. The van der Waals surface area contributed by atoms with Gasteiger partial charge in [-0.1, -0.05) is 25.1 Å². The molecule has 1 spiro atoms. The maximum atomic E-state index is 12.7. The molecule has 0 saturated carbocycles. The molecule has 0 radical (unpaired) electrons. The van der Waals surface area contributed by atoms with Crippen molar-refractivity contribution in [2.45, 2.75) is 39.7 Å². The number of para-hydroxylation sites is 1. The second-order valence-corrected chi connectivity index (χ2v) is 7.82. The average molecular weight is 353 g/mol. The fourth-order valence-corrected chi connectivity index (χ4v) is 4.49. The number of aromatic nitrogens is 2. The van der Waals surface area contributed by atoms with E-state index < -0.39 is 0 Å². The van der Waals surface area contributed by atoms with Crippen molar-refractivity contribution >= 4 is 5.82 Å². The second-order valence-electron chi connectivity index (χ2n) is 7.82. The molecule has 26 heavy (non-hydrogen) atoms. The van der Waals surface area contributed by atoms with Crippen LogP contribution in [0.3, 0.4) is 0 Å². The SMILES string of the molecule is Cc1nc(N2CCC3(CC2)CO[C@@H](C)[C@H]3C)cc(=O)n1-c1ccccc1. The smallest absolute Gasteiger partial charge is 0.260 e. The van der Waals surface area contributed by atoms with E-state index >= 15 is 0 Å². The van der Waals surface area contributed by atoms with Crippen LogP contribution in [0, 0.1) is 18.3 Å². The van der Waals surface area contributed by atoms with Gasteiger partial charge in [-0.3, -0.25) is 9.36 Å². The lowest BCUT2D eigenvalue weighted by Crippen LogP contribution is -2.44. The zero-order chi connectivity index (χ0) is 18.3. The molecule has 5 heteroatoms. The second kappa shape index (κ2) is 6.54. The molecule has 0 aliphatic carbocycles. The Morgan fingerprint density at radius 1 is 1.15 bits per heavy atom. The van der Waals surface area contributed by atoms with Crippen molar-refractivity contribution in [2.75, 3.05) is 24.6 Å². The molecule has 2 aliphatic heterocycles. The van der Waals surface area contributed by atoms with Crippen LogP contribution in [0.25, 0.3) is 5.69 Å². The molecule has 2 fully saturated rings. The van der Waals surface area contributed by atoms with Gasteiger partial charge in [0.1, 0.15) is 11.6 Å². The highest BCUT2D eigenvalue weighted by Gasteiger charge is 2.46. The number of hydrogen-bond donors (Lipinski definition) is 0. The number of hydrogen-bond acceptors (Lipinski definition) is 4. The van der Waals surface area contributed by atoms with Gasteiger partial charge < -0.3 is 9.64 Å². The molecule has 4 rings (SSSR count). The van der Waals surface area contributed by atoms with Crippen molar-refractivity contribution in [2.24, 2.45) is 11.3 Å². The topological polar surface area (TPSA) is 47.4 Å². The third-order valence-corrected chi connectivity index (χ3v) is 6.47. The van der Waals surface area contributed by atoms with Crippen molar-refractivity contribution < 1.29 is 4.74 Å². The Labute approximate surface area is 154 Å². The summed E-state index contributed by atoms with van der Waals surface area (Å²) in [5.74, 6) is 2.12. The van der Waals surface area contributed by atoms with Gasteiger partial charge in [-0.05, 0) is 44.7 Å². The van der Waals surface area contributed by atoms with Crippen molar-refractivity contribution in [3.8, 4) is 5.69 Å². The van der Waals surface area contributed by atoms with Gasteiger partial charge in [-0.25, -0.2) is 4.98 Å². The molecule has 138 valence electrons. The summed E-state index contributed by atoms with van der Waals surface area (Å²) < 4.78 is 7.58. The van der Waals surface area contributed by atoms with Crippen LogP contribution in [0.2, 0.25) is 0 Å². The van der Waals surface area contributed by atoms with E-state index in [2.05, 4.69) is 18.7 Å². The molecule has 1 aromatic heterocycles. The molecule has 3 heterocycles. The quantitative estimate of drug-likeness (QED) is 0.832. The van der Waals surface area contributed by atoms with Gasteiger partial charge in [0.2, 0.25) is 0 Å². The first-order chi connectivity index (χ1) is 12.5. The number of aryl methyl sites for hydroxylation is 1. The van der Waals surface area contributed by atoms with Gasteiger partial charge >= 0.3 is 0 Å². The highest BCUT2D eigenvalue weighted by atomic mass is 16.5. The molecule has 5 nitrogen and oxygen atoms in total. The van der Waals surface area contributed by atoms with Crippen LogP contribution in [0.4, 0.5) is 5.82 Å². The van der Waals surface area contributed by atoms with Crippen LogP contribution in [-0.4, -0.2) is 35.4 Å². The monoisotopic (exact) mass is 353 g/mol. The molecule has 0 N–H and O–H groups in total. The Bertz CT molecular complexity index is 838. The number of rotatable bonds is 2. The third kappa shape index (κ3) is 2.84. The predicted molar refractivity (Wildman–Crippen MR) is 103 cm³/mol. The molecular weight excluding hydrogens is 326 g/mol. The lowest BCUT2D eigenvalue weighted by Gasteiger charge is -2.42. The Hall–Kier alpha value is -2.14. The van der Waals surface area contributed by atoms with Crippen LogP contribution in [-0.2, 0) is 4.74 Å². The summed E-state index contributed by atoms with van der Waals surface area (Å²) in [6, 6.07) is 11.4. The van der Waals surface area contributed by atoms with Crippen LogP contribution in [0.1, 0.15) is 32.5 Å². The summed E-state index contributed by atoms with van der Waals surface area (Å²) >= 11 is 0. The van der Waals surface area contributed by atoms with Gasteiger partial charge in [0.05, 0.1) is 18.4 Å². The van der Waals surface area contributed by atoms with Gasteiger partial charge in [-0.2, -0.15) is 0 Å². The Morgan fingerprint density at radius 2 is 1.85 bits per heavy atom. The molecule has 1 aromatic carbocycles. The zero-order valence-corrected chi connectivity index (χ0v) is 15.8. The molecular formula is C21H27N3O2. The lowest BCUT2D eigenvalue weighted by atomic mass is 9.70. The summed E-state index contributed by atoms with van der Waals surface area (Å²) in [5, 5.41) is 0. The highest BCUT2D eigenvalue weighted by Crippen LogP contribution is 2.46. The maximum Gasteiger partial charge on any atom is 0.260 e. The number of nitrogens with zero attached hydrogens (tertiary/aromatic N) is 3. The van der Waals surface area contributed by atoms with Crippen LogP contribution in [0.5, 0.6) is 0 Å². The van der Waals surface area contributed by atoms with Gasteiger partial charge in [0.15, 0.2) is 0 Å². The van der Waals surface area contributed by atoms with Crippen LogP contribution < -0.4 is 10.5 Å². The van der Waals surface area contributed by atoms with Crippen molar-refractivity contribution in [3.63, 3.8) is 0 Å². The zero-order valence-electron chi connectivity index (χ0n) is 15.8. The van der Waals surface area contributed by atoms with E-state index in [0.717, 1.165) is 49.9 Å².